The number of halogens is 3. The minimum atomic E-state index is -4.67. The first-order valence-electron chi connectivity index (χ1n) is 5.53. The molecule has 20 heavy (non-hydrogen) atoms. The van der Waals surface area contributed by atoms with Gasteiger partial charge in [-0.1, -0.05) is 0 Å². The maximum atomic E-state index is 12.5. The van der Waals surface area contributed by atoms with Crippen molar-refractivity contribution >= 4 is 17.7 Å². The van der Waals surface area contributed by atoms with E-state index in [0.29, 0.717) is 6.07 Å². The first-order valence-corrected chi connectivity index (χ1v) is 5.53. The summed E-state index contributed by atoms with van der Waals surface area (Å²) < 4.78 is 42.2. The van der Waals surface area contributed by atoms with Gasteiger partial charge in [-0.2, -0.15) is 13.2 Å². The molecule has 0 aromatic carbocycles. The Kier molecular flexibility index (Phi) is 4.89. The van der Waals surface area contributed by atoms with Crippen molar-refractivity contribution in [2.45, 2.75) is 13.1 Å². The van der Waals surface area contributed by atoms with Crippen LogP contribution in [0.5, 0.6) is 0 Å². The molecule has 3 N–H and O–H groups in total. The highest BCUT2D eigenvalue weighted by molar-refractivity contribution is 5.97. The number of hydrogen-bond donors (Lipinski definition) is 2. The van der Waals surface area contributed by atoms with Crippen LogP contribution in [0.15, 0.2) is 12.1 Å². The molecule has 0 aliphatic carbocycles. The number of anilines is 1. The zero-order valence-corrected chi connectivity index (χ0v) is 10.5. The smallest absolute Gasteiger partial charge is 0.433 e. The lowest BCUT2D eigenvalue weighted by Gasteiger charge is -2.12. The Labute approximate surface area is 112 Å². The van der Waals surface area contributed by atoms with Gasteiger partial charge in [0.15, 0.2) is 0 Å². The lowest BCUT2D eigenvalue weighted by Crippen LogP contribution is -2.22. The van der Waals surface area contributed by atoms with Crippen LogP contribution in [0, 0.1) is 0 Å². The van der Waals surface area contributed by atoms with Gasteiger partial charge in [0.05, 0.1) is 12.2 Å². The van der Waals surface area contributed by atoms with Crippen molar-refractivity contribution in [1.82, 2.24) is 4.98 Å². The van der Waals surface area contributed by atoms with Crippen molar-refractivity contribution < 1.29 is 27.5 Å². The second-order valence-electron chi connectivity index (χ2n) is 3.61. The summed E-state index contributed by atoms with van der Waals surface area (Å²) in [5.74, 6) is -2.07. The fourth-order valence-corrected chi connectivity index (χ4v) is 1.32. The van der Waals surface area contributed by atoms with Gasteiger partial charge < -0.3 is 15.8 Å². The van der Waals surface area contributed by atoms with Crippen LogP contribution >= 0.6 is 0 Å². The predicted molar refractivity (Wildman–Crippen MR) is 62.9 cm³/mol. The van der Waals surface area contributed by atoms with E-state index in [1.54, 1.807) is 6.92 Å². The van der Waals surface area contributed by atoms with E-state index in [-0.39, 0.29) is 12.2 Å². The minimum absolute atomic E-state index is 0.124. The highest BCUT2D eigenvalue weighted by atomic mass is 19.4. The van der Waals surface area contributed by atoms with Crippen molar-refractivity contribution in [3.63, 3.8) is 0 Å². The molecule has 1 rings (SSSR count). The molecule has 0 fully saturated rings. The number of carbonyl (C=O) groups is 2. The van der Waals surface area contributed by atoms with Crippen LogP contribution in [0.1, 0.15) is 23.0 Å². The zero-order chi connectivity index (χ0) is 15.3. The molecular formula is C11H12F3N3O3. The number of pyridine rings is 1. The van der Waals surface area contributed by atoms with Crippen LogP contribution in [0.4, 0.5) is 19.0 Å². The fourth-order valence-electron chi connectivity index (χ4n) is 1.32. The number of nitrogens with zero attached hydrogens (tertiary/aromatic N) is 1. The summed E-state index contributed by atoms with van der Waals surface area (Å²) in [5.41, 5.74) is 3.57. The molecule has 0 saturated heterocycles. The van der Waals surface area contributed by atoms with Gasteiger partial charge in [-0.05, 0) is 19.1 Å². The minimum Gasteiger partial charge on any atom is -0.465 e. The molecule has 9 heteroatoms. The fraction of sp³-hybridized carbons (Fsp3) is 0.364. The Morgan fingerprint density at radius 2 is 2.05 bits per heavy atom. The van der Waals surface area contributed by atoms with E-state index in [1.165, 1.54) is 0 Å². The Morgan fingerprint density at radius 3 is 2.55 bits per heavy atom. The molecule has 1 aromatic rings. The van der Waals surface area contributed by atoms with Gasteiger partial charge in [0.25, 0.3) is 5.91 Å². The molecule has 1 heterocycles. The maximum absolute atomic E-state index is 12.5. The molecule has 0 atom stereocenters. The maximum Gasteiger partial charge on any atom is 0.433 e. The third kappa shape index (κ3) is 4.11. The van der Waals surface area contributed by atoms with E-state index >= 15 is 0 Å². The molecule has 0 radical (unpaired) electrons. The summed E-state index contributed by atoms with van der Waals surface area (Å²) in [7, 11) is 0. The number of amides is 1. The van der Waals surface area contributed by atoms with E-state index in [1.807, 2.05) is 0 Å². The Morgan fingerprint density at radius 1 is 1.40 bits per heavy atom. The highest BCUT2D eigenvalue weighted by Crippen LogP contribution is 2.29. The number of alkyl halides is 3. The number of rotatable bonds is 5. The second kappa shape index (κ2) is 6.22. The average molecular weight is 291 g/mol. The monoisotopic (exact) mass is 291 g/mol. The number of aromatic nitrogens is 1. The van der Waals surface area contributed by atoms with Gasteiger partial charge in [-0.3, -0.25) is 9.59 Å². The quantitative estimate of drug-likeness (QED) is 0.794. The number of carbonyl (C=O) groups excluding carboxylic acids is 2. The Balaban J connectivity index is 3.01. The van der Waals surface area contributed by atoms with Crippen LogP contribution in [-0.4, -0.2) is 30.0 Å². The molecule has 1 aromatic heterocycles. The van der Waals surface area contributed by atoms with Gasteiger partial charge in [0.1, 0.15) is 18.1 Å². The van der Waals surface area contributed by atoms with Gasteiger partial charge in [-0.25, -0.2) is 4.98 Å². The third-order valence-corrected chi connectivity index (χ3v) is 2.16. The first-order chi connectivity index (χ1) is 9.25. The summed E-state index contributed by atoms with van der Waals surface area (Å²) in [6.07, 6.45) is -4.67. The SMILES string of the molecule is CCOC(=O)CNc1nc(C(F)(F)F)ccc1C(N)=O. The van der Waals surface area contributed by atoms with Gasteiger partial charge in [0.2, 0.25) is 0 Å². The zero-order valence-electron chi connectivity index (χ0n) is 10.5. The molecule has 6 nitrogen and oxygen atoms in total. The highest BCUT2D eigenvalue weighted by Gasteiger charge is 2.33. The molecular weight excluding hydrogens is 279 g/mol. The molecule has 1 amide bonds. The number of nitrogens with two attached hydrogens (primary N) is 1. The van der Waals surface area contributed by atoms with E-state index in [0.717, 1.165) is 6.07 Å². The van der Waals surface area contributed by atoms with E-state index in [4.69, 9.17) is 5.73 Å². The normalized spacial score (nSPS) is 11.0. The van der Waals surface area contributed by atoms with Crippen molar-refractivity contribution in [3.8, 4) is 0 Å². The van der Waals surface area contributed by atoms with Crippen LogP contribution in [0.2, 0.25) is 0 Å². The summed E-state index contributed by atoms with van der Waals surface area (Å²) in [4.78, 5) is 25.5. The Hall–Kier alpha value is -2.32. The average Bonchev–Trinajstić information content (AvgIpc) is 2.35. The summed E-state index contributed by atoms with van der Waals surface area (Å²) in [6.45, 7) is 1.27. The number of esters is 1. The van der Waals surface area contributed by atoms with Crippen molar-refractivity contribution in [2.75, 3.05) is 18.5 Å². The van der Waals surface area contributed by atoms with E-state index < -0.39 is 36.1 Å². The summed E-state index contributed by atoms with van der Waals surface area (Å²) in [6, 6.07) is 1.53. The van der Waals surface area contributed by atoms with E-state index in [9.17, 15) is 22.8 Å². The molecule has 0 saturated carbocycles. The number of nitrogens with one attached hydrogen (secondary N) is 1. The molecule has 110 valence electrons. The molecule has 0 spiro atoms. The van der Waals surface area contributed by atoms with Crippen LogP contribution in [0.3, 0.4) is 0 Å². The van der Waals surface area contributed by atoms with Gasteiger partial charge >= 0.3 is 12.1 Å². The molecule has 0 aliphatic heterocycles. The molecule has 0 aliphatic rings. The van der Waals surface area contributed by atoms with Crippen molar-refractivity contribution in [2.24, 2.45) is 5.73 Å². The van der Waals surface area contributed by atoms with Gasteiger partial charge in [-0.15, -0.1) is 0 Å². The van der Waals surface area contributed by atoms with Crippen LogP contribution in [-0.2, 0) is 15.7 Å². The topological polar surface area (TPSA) is 94.3 Å². The van der Waals surface area contributed by atoms with Crippen molar-refractivity contribution in [1.29, 1.82) is 0 Å². The third-order valence-electron chi connectivity index (χ3n) is 2.16. The molecule has 0 bridgehead atoms. The summed E-state index contributed by atoms with van der Waals surface area (Å²) >= 11 is 0. The lowest BCUT2D eigenvalue weighted by atomic mass is 10.2. The molecule has 0 unspecified atom stereocenters. The predicted octanol–water partition coefficient (Wildman–Crippen LogP) is 1.17. The number of ether oxygens (including phenoxy) is 1. The standard InChI is InChI=1S/C11H12F3N3O3/c1-2-20-8(18)5-16-10-6(9(15)19)3-4-7(17-10)11(12,13)14/h3-4H,2,5H2,1H3,(H2,15,19)(H,16,17). The first kappa shape index (κ1) is 15.7. The summed E-state index contributed by atoms with van der Waals surface area (Å²) in [5, 5.41) is 2.31. The second-order valence-corrected chi connectivity index (χ2v) is 3.61. The van der Waals surface area contributed by atoms with E-state index in [2.05, 4.69) is 15.0 Å². The van der Waals surface area contributed by atoms with Crippen LogP contribution < -0.4 is 11.1 Å². The van der Waals surface area contributed by atoms with Crippen LogP contribution in [0.25, 0.3) is 0 Å². The number of primary amides is 1. The van der Waals surface area contributed by atoms with Gasteiger partial charge in [0, 0.05) is 0 Å². The number of hydrogen-bond acceptors (Lipinski definition) is 5. The largest absolute Gasteiger partial charge is 0.465 e. The Bertz CT molecular complexity index is 517. The lowest BCUT2D eigenvalue weighted by molar-refractivity contribution is -0.141. The van der Waals surface area contributed by atoms with Crippen molar-refractivity contribution in [3.05, 3.63) is 23.4 Å².